The van der Waals surface area contributed by atoms with E-state index in [2.05, 4.69) is 38.1 Å². The molecule has 0 aromatic heterocycles. The predicted octanol–water partition coefficient (Wildman–Crippen LogP) is 9.95. The molecular weight excluding hydrogens is 866 g/mol. The molecular formula is C50H82BaO8. The molecule has 2 N–H and O–H groups in total. The van der Waals surface area contributed by atoms with E-state index in [0.29, 0.717) is 26.1 Å². The van der Waals surface area contributed by atoms with Gasteiger partial charge in [0.15, 0.2) is 0 Å². The van der Waals surface area contributed by atoms with Gasteiger partial charge in [0, 0.05) is 24.8 Å². The number of unbranched alkanes of at least 4 members (excludes halogenated alkanes) is 16. The van der Waals surface area contributed by atoms with Gasteiger partial charge in [0.25, 0.3) is 0 Å². The Morgan fingerprint density at radius 2 is 0.729 bits per heavy atom. The van der Waals surface area contributed by atoms with Gasteiger partial charge < -0.3 is 39.5 Å². The van der Waals surface area contributed by atoms with Crippen LogP contribution >= 0.6 is 0 Å². The smallest absolute Gasteiger partial charge is 0.550 e. The van der Waals surface area contributed by atoms with Crippen molar-refractivity contribution in [2.45, 2.75) is 231 Å². The van der Waals surface area contributed by atoms with Gasteiger partial charge in [0.1, 0.15) is 0 Å². The van der Waals surface area contributed by atoms with Crippen LogP contribution in [0.15, 0.2) is 60.7 Å². The average molecular weight is 949 g/mol. The minimum absolute atomic E-state index is 0. The number of carboxylic acids is 2. The van der Waals surface area contributed by atoms with Crippen LogP contribution in [0.3, 0.4) is 0 Å². The number of hydrogen-bond donors (Lipinski definition) is 2. The third-order valence-corrected chi connectivity index (χ3v) is 10.8. The van der Waals surface area contributed by atoms with Crippen LogP contribution in [-0.4, -0.2) is 95.4 Å². The third kappa shape index (κ3) is 38.2. The second-order valence-electron chi connectivity index (χ2n) is 16.4. The van der Waals surface area contributed by atoms with Crippen LogP contribution in [0.1, 0.15) is 205 Å². The Morgan fingerprint density at radius 3 is 1.03 bits per heavy atom. The van der Waals surface area contributed by atoms with Gasteiger partial charge in [-0.2, -0.15) is 0 Å². The molecule has 0 aliphatic rings. The zero-order valence-electron chi connectivity index (χ0n) is 37.3. The molecule has 0 fully saturated rings. The zero-order valence-corrected chi connectivity index (χ0v) is 41.8. The van der Waals surface area contributed by atoms with Crippen molar-refractivity contribution in [3.63, 3.8) is 0 Å². The van der Waals surface area contributed by atoms with Crippen LogP contribution < -0.4 is 10.2 Å². The van der Waals surface area contributed by atoms with Gasteiger partial charge in [-0.15, -0.1) is 0 Å². The van der Waals surface area contributed by atoms with Crippen molar-refractivity contribution in [3.05, 3.63) is 71.8 Å². The summed E-state index contributed by atoms with van der Waals surface area (Å²) in [6.07, 6.45) is 27.9. The summed E-state index contributed by atoms with van der Waals surface area (Å²) in [4.78, 5) is 21.0. The molecule has 9 heteroatoms. The normalized spacial score (nSPS) is 13.1. The number of benzene rings is 2. The molecule has 0 bridgehead atoms. The summed E-state index contributed by atoms with van der Waals surface area (Å²) in [5.41, 5.74) is 2.42. The first-order chi connectivity index (χ1) is 28.2. The van der Waals surface area contributed by atoms with Crippen molar-refractivity contribution in [2.75, 3.05) is 0 Å². The SMILES string of the molecule is CCCCCCCCCC(CCCCCC(O)CC(=O)[O-])OCc1ccccc1.CCCCCCCCCC(CCCCCC(O)CC(=O)[O-])OCc1ccccc1.[Ba+2]. The summed E-state index contributed by atoms with van der Waals surface area (Å²) in [6, 6.07) is 20.6. The van der Waals surface area contributed by atoms with Gasteiger partial charge in [-0.3, -0.25) is 0 Å². The van der Waals surface area contributed by atoms with Crippen LogP contribution in [-0.2, 0) is 32.3 Å². The molecule has 8 nitrogen and oxygen atoms in total. The summed E-state index contributed by atoms with van der Waals surface area (Å²) >= 11 is 0. The van der Waals surface area contributed by atoms with E-state index in [-0.39, 0.29) is 73.9 Å². The van der Waals surface area contributed by atoms with E-state index in [1.54, 1.807) is 0 Å². The van der Waals surface area contributed by atoms with E-state index in [9.17, 15) is 30.0 Å². The first-order valence-corrected chi connectivity index (χ1v) is 23.3. The summed E-state index contributed by atoms with van der Waals surface area (Å²) < 4.78 is 12.4. The van der Waals surface area contributed by atoms with Crippen molar-refractivity contribution in [3.8, 4) is 0 Å². The number of aliphatic carboxylic acids is 2. The van der Waals surface area contributed by atoms with E-state index in [1.807, 2.05) is 36.4 Å². The van der Waals surface area contributed by atoms with Crippen LogP contribution in [0.25, 0.3) is 0 Å². The minimum Gasteiger partial charge on any atom is -0.550 e. The fourth-order valence-corrected chi connectivity index (χ4v) is 7.30. The molecule has 0 aliphatic heterocycles. The van der Waals surface area contributed by atoms with Gasteiger partial charge in [0.2, 0.25) is 0 Å². The summed E-state index contributed by atoms with van der Waals surface area (Å²) in [5, 5.41) is 40.2. The maximum atomic E-state index is 10.5. The predicted molar refractivity (Wildman–Crippen MR) is 238 cm³/mol. The number of ether oxygens (including phenoxy) is 2. The van der Waals surface area contributed by atoms with Crippen LogP contribution in [0.4, 0.5) is 0 Å². The standard InChI is InChI=1S/2C25H42O4.Ba/c2*1-2-3-4-5-6-7-13-18-24(29-21-22-15-10-8-11-16-22)19-14-9-12-17-23(26)20-25(27)28;/h2*8,10-11,15-16,23-24,26H,2-7,9,12-14,17-21H2,1H3,(H,27,28);/q;;+2/p-2. The van der Waals surface area contributed by atoms with Crippen LogP contribution in [0.2, 0.25) is 0 Å². The fraction of sp³-hybridized carbons (Fsp3) is 0.720. The molecule has 0 amide bonds. The summed E-state index contributed by atoms with van der Waals surface area (Å²) in [5.74, 6) is -2.36. The summed E-state index contributed by atoms with van der Waals surface area (Å²) in [7, 11) is 0. The number of carbonyl (C=O) groups is 2. The minimum atomic E-state index is -1.18. The summed E-state index contributed by atoms with van der Waals surface area (Å²) in [6.45, 7) is 5.82. The Kier molecular flexibility index (Phi) is 41.2. The van der Waals surface area contributed by atoms with Crippen LogP contribution in [0.5, 0.6) is 0 Å². The molecule has 59 heavy (non-hydrogen) atoms. The molecule has 0 radical (unpaired) electrons. The van der Waals surface area contributed by atoms with Crippen molar-refractivity contribution < 1.29 is 39.5 Å². The van der Waals surface area contributed by atoms with Gasteiger partial charge in [-0.25, -0.2) is 0 Å². The van der Waals surface area contributed by atoms with Crippen molar-refractivity contribution >= 4 is 60.8 Å². The third-order valence-electron chi connectivity index (χ3n) is 10.8. The first kappa shape index (κ1) is 57.8. The van der Waals surface area contributed by atoms with E-state index in [1.165, 1.54) is 101 Å². The monoisotopic (exact) mass is 949 g/mol. The van der Waals surface area contributed by atoms with Crippen molar-refractivity contribution in [1.82, 2.24) is 0 Å². The first-order valence-electron chi connectivity index (χ1n) is 23.3. The molecule has 0 saturated heterocycles. The van der Waals surface area contributed by atoms with Gasteiger partial charge in [0.05, 0.1) is 37.6 Å². The molecule has 0 aliphatic carbocycles. The van der Waals surface area contributed by atoms with Gasteiger partial charge >= 0.3 is 48.9 Å². The van der Waals surface area contributed by atoms with Gasteiger partial charge in [-0.1, -0.05) is 203 Å². The molecule has 4 atom stereocenters. The van der Waals surface area contributed by atoms with E-state index >= 15 is 0 Å². The van der Waals surface area contributed by atoms with E-state index in [0.717, 1.165) is 64.2 Å². The number of rotatable bonds is 38. The fourth-order valence-electron chi connectivity index (χ4n) is 7.30. The second kappa shape index (κ2) is 42.1. The van der Waals surface area contributed by atoms with Crippen molar-refractivity contribution in [2.24, 2.45) is 0 Å². The second-order valence-corrected chi connectivity index (χ2v) is 16.4. The largest absolute Gasteiger partial charge is 2.00 e. The number of carbonyl (C=O) groups excluding carboxylic acids is 2. The Bertz CT molecular complexity index is 1110. The van der Waals surface area contributed by atoms with Crippen LogP contribution in [0, 0.1) is 0 Å². The average Bonchev–Trinajstić information content (AvgIpc) is 3.20. The molecule has 2 aromatic rings. The maximum Gasteiger partial charge on any atom is 2.00 e. The number of aliphatic hydroxyl groups excluding tert-OH is 2. The molecule has 4 unspecified atom stereocenters. The molecule has 2 aromatic carbocycles. The Labute approximate surface area is 400 Å². The molecule has 2 rings (SSSR count). The van der Waals surface area contributed by atoms with E-state index < -0.39 is 24.1 Å². The van der Waals surface area contributed by atoms with E-state index in [4.69, 9.17) is 9.47 Å². The molecule has 332 valence electrons. The number of carboxylic acid groups (broad SMARTS) is 2. The quantitative estimate of drug-likeness (QED) is 0.0501. The van der Waals surface area contributed by atoms with Gasteiger partial charge in [-0.05, 0) is 49.7 Å². The molecule has 0 heterocycles. The van der Waals surface area contributed by atoms with Crippen molar-refractivity contribution in [1.29, 1.82) is 0 Å². The number of aliphatic hydroxyl groups is 2. The Hall–Kier alpha value is -1.21. The zero-order chi connectivity index (χ0) is 42.3. The topological polar surface area (TPSA) is 139 Å². The Morgan fingerprint density at radius 1 is 0.458 bits per heavy atom. The molecule has 0 saturated carbocycles. The number of hydrogen-bond acceptors (Lipinski definition) is 8. The molecule has 0 spiro atoms. The maximum absolute atomic E-state index is 10.5. The Balaban J connectivity index is 0.00000112.